The van der Waals surface area contributed by atoms with Gasteiger partial charge in [-0.25, -0.2) is 8.42 Å². The molecule has 2 amide bonds. The number of rotatable bonds is 13. The van der Waals surface area contributed by atoms with Crippen molar-refractivity contribution in [3.05, 3.63) is 102 Å². The van der Waals surface area contributed by atoms with E-state index in [1.807, 2.05) is 79.7 Å². The summed E-state index contributed by atoms with van der Waals surface area (Å²) >= 11 is 0. The summed E-state index contributed by atoms with van der Waals surface area (Å²) in [6.07, 6.45) is 7.31. The van der Waals surface area contributed by atoms with E-state index in [1.165, 1.54) is 17.0 Å². The van der Waals surface area contributed by atoms with E-state index in [1.54, 1.807) is 17.0 Å². The first-order valence-corrected chi connectivity index (χ1v) is 16.8. The minimum Gasteiger partial charge on any atom is -0.352 e. The third-order valence-corrected chi connectivity index (χ3v) is 9.09. The maximum absolute atomic E-state index is 14.0. The first kappa shape index (κ1) is 31.3. The molecule has 1 saturated carbocycles. The summed E-state index contributed by atoms with van der Waals surface area (Å²) in [7, 11) is -3.54. The molecular weight excluding hydrogens is 546 g/mol. The van der Waals surface area contributed by atoms with Crippen molar-refractivity contribution in [2.45, 2.75) is 76.9 Å². The minimum absolute atomic E-state index is 0.118. The van der Waals surface area contributed by atoms with Crippen molar-refractivity contribution in [2.75, 3.05) is 17.1 Å². The fourth-order valence-electron chi connectivity index (χ4n) is 5.59. The molecule has 4 rings (SSSR count). The molecule has 0 spiro atoms. The van der Waals surface area contributed by atoms with E-state index in [-0.39, 0.29) is 30.8 Å². The van der Waals surface area contributed by atoms with Gasteiger partial charge < -0.3 is 10.2 Å². The van der Waals surface area contributed by atoms with E-state index in [9.17, 15) is 18.0 Å². The van der Waals surface area contributed by atoms with Crippen LogP contribution < -0.4 is 9.62 Å². The number of carbonyl (C=O) groups is 2. The van der Waals surface area contributed by atoms with Crippen LogP contribution in [0.25, 0.3) is 0 Å². The van der Waals surface area contributed by atoms with Crippen LogP contribution in [0.2, 0.25) is 0 Å². The summed E-state index contributed by atoms with van der Waals surface area (Å²) in [5.41, 5.74) is 3.53. The molecular formula is C34H43N3O4S. The number of nitrogens with zero attached hydrogens (tertiary/aromatic N) is 2. The van der Waals surface area contributed by atoms with Crippen molar-refractivity contribution in [2.24, 2.45) is 0 Å². The van der Waals surface area contributed by atoms with E-state index in [0.29, 0.717) is 25.1 Å². The summed E-state index contributed by atoms with van der Waals surface area (Å²) in [6.45, 7) is 2.41. The van der Waals surface area contributed by atoms with Crippen molar-refractivity contribution < 1.29 is 18.0 Å². The average molecular weight is 590 g/mol. The largest absolute Gasteiger partial charge is 0.352 e. The number of hydrogen-bond donors (Lipinski definition) is 1. The van der Waals surface area contributed by atoms with Crippen molar-refractivity contribution in [3.8, 4) is 0 Å². The molecule has 8 heteroatoms. The van der Waals surface area contributed by atoms with Gasteiger partial charge in [-0.2, -0.15) is 0 Å². The molecule has 1 aliphatic carbocycles. The van der Waals surface area contributed by atoms with E-state index in [0.717, 1.165) is 42.4 Å². The van der Waals surface area contributed by atoms with Crippen LogP contribution in [0.4, 0.5) is 5.69 Å². The Labute approximate surface area is 251 Å². The molecule has 0 heterocycles. The van der Waals surface area contributed by atoms with Gasteiger partial charge in [-0.15, -0.1) is 0 Å². The fourth-order valence-corrected chi connectivity index (χ4v) is 6.56. The van der Waals surface area contributed by atoms with Crippen LogP contribution in [0.15, 0.2) is 84.9 Å². The minimum atomic E-state index is -3.54. The van der Waals surface area contributed by atoms with Gasteiger partial charge in [0.2, 0.25) is 21.8 Å². The summed E-state index contributed by atoms with van der Waals surface area (Å²) in [5, 5.41) is 3.26. The molecule has 42 heavy (non-hydrogen) atoms. The molecule has 0 bridgehead atoms. The van der Waals surface area contributed by atoms with E-state index < -0.39 is 16.1 Å². The SMILES string of the molecule is Cc1ccc(N(CCCC(=O)N(Cc2ccccc2)C(Cc2ccccc2)C(=O)NC2CCCCC2)S(C)(=O)=O)cc1. The maximum Gasteiger partial charge on any atom is 0.243 e. The second kappa shape index (κ2) is 15.0. The molecule has 1 unspecified atom stereocenters. The Morgan fingerprint density at radius 1 is 0.857 bits per heavy atom. The topological polar surface area (TPSA) is 86.8 Å². The Bertz CT molecular complexity index is 1390. The second-order valence-corrected chi connectivity index (χ2v) is 13.2. The van der Waals surface area contributed by atoms with Gasteiger partial charge in [-0.3, -0.25) is 13.9 Å². The maximum atomic E-state index is 14.0. The molecule has 1 atom stereocenters. The third kappa shape index (κ3) is 9.18. The van der Waals surface area contributed by atoms with Crippen LogP contribution in [0, 0.1) is 6.92 Å². The predicted molar refractivity (Wildman–Crippen MR) is 169 cm³/mol. The number of sulfonamides is 1. The monoisotopic (exact) mass is 589 g/mol. The van der Waals surface area contributed by atoms with E-state index in [2.05, 4.69) is 5.32 Å². The number of nitrogens with one attached hydrogen (secondary N) is 1. The molecule has 7 nitrogen and oxygen atoms in total. The van der Waals surface area contributed by atoms with Gasteiger partial charge in [0.15, 0.2) is 0 Å². The van der Waals surface area contributed by atoms with E-state index >= 15 is 0 Å². The molecule has 0 aromatic heterocycles. The van der Waals surface area contributed by atoms with Gasteiger partial charge in [0.05, 0.1) is 11.9 Å². The lowest BCUT2D eigenvalue weighted by Crippen LogP contribution is -2.52. The van der Waals surface area contributed by atoms with Gasteiger partial charge >= 0.3 is 0 Å². The predicted octanol–water partition coefficient (Wildman–Crippen LogP) is 5.63. The van der Waals surface area contributed by atoms with Crippen molar-refractivity contribution in [3.63, 3.8) is 0 Å². The molecule has 1 fully saturated rings. The van der Waals surface area contributed by atoms with Crippen molar-refractivity contribution >= 4 is 27.5 Å². The second-order valence-electron chi connectivity index (χ2n) is 11.3. The van der Waals surface area contributed by atoms with Gasteiger partial charge in [0.1, 0.15) is 6.04 Å². The number of hydrogen-bond acceptors (Lipinski definition) is 4. The lowest BCUT2D eigenvalue weighted by Gasteiger charge is -2.34. The Hall–Kier alpha value is -3.65. The normalized spacial score (nSPS) is 14.6. The number of amides is 2. The quantitative estimate of drug-likeness (QED) is 0.280. The van der Waals surface area contributed by atoms with Crippen LogP contribution in [0.1, 0.15) is 61.6 Å². The number of benzene rings is 3. The van der Waals surface area contributed by atoms with Crippen LogP contribution in [0.5, 0.6) is 0 Å². The lowest BCUT2D eigenvalue weighted by atomic mass is 9.94. The zero-order valence-electron chi connectivity index (χ0n) is 24.7. The van der Waals surface area contributed by atoms with Crippen LogP contribution in [0.3, 0.4) is 0 Å². The number of aryl methyl sites for hydroxylation is 1. The summed E-state index contributed by atoms with van der Waals surface area (Å²) in [4.78, 5) is 29.5. The molecule has 3 aromatic carbocycles. The highest BCUT2D eigenvalue weighted by atomic mass is 32.2. The Balaban J connectivity index is 1.56. The van der Waals surface area contributed by atoms with Crippen LogP contribution in [-0.2, 0) is 32.6 Å². The molecule has 0 aliphatic heterocycles. The highest BCUT2D eigenvalue weighted by Gasteiger charge is 2.32. The molecule has 0 radical (unpaired) electrons. The highest BCUT2D eigenvalue weighted by molar-refractivity contribution is 7.92. The fraction of sp³-hybridized carbons (Fsp3) is 0.412. The zero-order valence-corrected chi connectivity index (χ0v) is 25.6. The third-order valence-electron chi connectivity index (χ3n) is 7.89. The smallest absolute Gasteiger partial charge is 0.243 e. The first-order chi connectivity index (χ1) is 20.2. The standard InChI is InChI=1S/C34H43N3O4S/c1-27-20-22-31(23-21-27)37(42(2,40)41)24-12-19-33(38)36(26-29-15-8-4-9-16-29)32(25-28-13-6-3-7-14-28)34(39)35-30-17-10-5-11-18-30/h3-4,6-9,13-16,20-23,30,32H,5,10-12,17-19,24-26H2,1-2H3,(H,35,39). The molecule has 1 aliphatic rings. The Morgan fingerprint density at radius 3 is 2.05 bits per heavy atom. The van der Waals surface area contributed by atoms with Gasteiger partial charge in [-0.05, 0) is 49.4 Å². The van der Waals surface area contributed by atoms with Gasteiger partial charge in [-0.1, -0.05) is 97.6 Å². The summed E-state index contributed by atoms with van der Waals surface area (Å²) in [5.74, 6) is -0.302. The Kier molecular flexibility index (Phi) is 11.2. The molecule has 1 N–H and O–H groups in total. The highest BCUT2D eigenvalue weighted by Crippen LogP contribution is 2.22. The Morgan fingerprint density at radius 2 is 1.45 bits per heavy atom. The van der Waals surface area contributed by atoms with Gasteiger partial charge in [0, 0.05) is 32.0 Å². The first-order valence-electron chi connectivity index (χ1n) is 14.9. The van der Waals surface area contributed by atoms with Crippen LogP contribution in [-0.4, -0.2) is 50.0 Å². The molecule has 0 saturated heterocycles. The van der Waals surface area contributed by atoms with Crippen molar-refractivity contribution in [1.82, 2.24) is 10.2 Å². The summed E-state index contributed by atoms with van der Waals surface area (Å²) < 4.78 is 26.6. The molecule has 3 aromatic rings. The van der Waals surface area contributed by atoms with Crippen LogP contribution >= 0.6 is 0 Å². The number of anilines is 1. The summed E-state index contributed by atoms with van der Waals surface area (Å²) in [6, 6.07) is 26.2. The number of carbonyl (C=O) groups excluding carboxylic acids is 2. The van der Waals surface area contributed by atoms with Crippen molar-refractivity contribution in [1.29, 1.82) is 0 Å². The average Bonchev–Trinajstić information content (AvgIpc) is 2.98. The zero-order chi connectivity index (χ0) is 30.0. The molecule has 224 valence electrons. The van der Waals surface area contributed by atoms with E-state index in [4.69, 9.17) is 0 Å². The van der Waals surface area contributed by atoms with Gasteiger partial charge in [0.25, 0.3) is 0 Å². The lowest BCUT2D eigenvalue weighted by molar-refractivity contribution is -0.141.